The van der Waals surface area contributed by atoms with Gasteiger partial charge in [-0.1, -0.05) is 6.07 Å². The van der Waals surface area contributed by atoms with Gasteiger partial charge in [-0.05, 0) is 49.9 Å². The van der Waals surface area contributed by atoms with E-state index in [1.54, 1.807) is 0 Å². The van der Waals surface area contributed by atoms with Gasteiger partial charge in [0.1, 0.15) is 0 Å². The second kappa shape index (κ2) is 6.78. The molecule has 2 heterocycles. The molecule has 1 unspecified atom stereocenters. The first-order valence-corrected chi connectivity index (χ1v) is 8.32. The highest BCUT2D eigenvalue weighted by molar-refractivity contribution is 7.99. The van der Waals surface area contributed by atoms with Gasteiger partial charge in [0.05, 0.1) is 6.04 Å². The fourth-order valence-corrected chi connectivity index (χ4v) is 4.23. The zero-order chi connectivity index (χ0) is 12.1. The largest absolute Gasteiger partial charge is 0.312 e. The van der Waals surface area contributed by atoms with Crippen LogP contribution in [0.4, 0.5) is 0 Å². The molecule has 0 radical (unpaired) electrons. The quantitative estimate of drug-likeness (QED) is 0.886. The molecule has 0 saturated carbocycles. The van der Waals surface area contributed by atoms with Gasteiger partial charge in [-0.15, -0.1) is 11.3 Å². The minimum absolute atomic E-state index is 0.518. The van der Waals surface area contributed by atoms with E-state index < -0.39 is 0 Å². The summed E-state index contributed by atoms with van der Waals surface area (Å²) in [5.41, 5.74) is 0. The standard InChI is InChI=1S/C13H22N2S2/c1-15(2)12(13-4-3-7-17-13)10-14-11-5-8-16-9-6-11/h3-4,7,11-12,14H,5-6,8-10H2,1-2H3. The molecular weight excluding hydrogens is 248 g/mol. The lowest BCUT2D eigenvalue weighted by molar-refractivity contribution is 0.280. The Morgan fingerprint density at radius 3 is 2.76 bits per heavy atom. The molecule has 0 aliphatic carbocycles. The van der Waals surface area contributed by atoms with Crippen molar-refractivity contribution in [3.8, 4) is 0 Å². The molecule has 1 aromatic heterocycles. The first-order valence-electron chi connectivity index (χ1n) is 6.28. The molecule has 1 saturated heterocycles. The molecule has 2 rings (SSSR count). The molecule has 0 aromatic carbocycles. The van der Waals surface area contributed by atoms with E-state index in [1.807, 2.05) is 11.3 Å². The summed E-state index contributed by atoms with van der Waals surface area (Å²) in [7, 11) is 4.34. The van der Waals surface area contributed by atoms with Gasteiger partial charge < -0.3 is 10.2 Å². The SMILES string of the molecule is CN(C)C(CNC1CCSCC1)c1cccs1. The summed E-state index contributed by atoms with van der Waals surface area (Å²) in [5.74, 6) is 2.65. The van der Waals surface area contributed by atoms with E-state index in [0.29, 0.717) is 6.04 Å². The van der Waals surface area contributed by atoms with Crippen LogP contribution in [0.3, 0.4) is 0 Å². The average molecular weight is 270 g/mol. The lowest BCUT2D eigenvalue weighted by Gasteiger charge is -2.28. The number of nitrogens with zero attached hydrogens (tertiary/aromatic N) is 1. The molecule has 0 bridgehead atoms. The molecule has 96 valence electrons. The lowest BCUT2D eigenvalue weighted by atomic mass is 10.1. The van der Waals surface area contributed by atoms with Crippen LogP contribution in [0.5, 0.6) is 0 Å². The summed E-state index contributed by atoms with van der Waals surface area (Å²) < 4.78 is 0. The summed E-state index contributed by atoms with van der Waals surface area (Å²) >= 11 is 3.95. The Morgan fingerprint density at radius 2 is 2.18 bits per heavy atom. The fraction of sp³-hybridized carbons (Fsp3) is 0.692. The molecule has 2 nitrogen and oxygen atoms in total. The molecule has 1 aliphatic heterocycles. The number of hydrogen-bond donors (Lipinski definition) is 1. The van der Waals surface area contributed by atoms with Crippen LogP contribution < -0.4 is 5.32 Å². The number of hydrogen-bond acceptors (Lipinski definition) is 4. The van der Waals surface area contributed by atoms with Gasteiger partial charge in [0, 0.05) is 17.5 Å². The van der Waals surface area contributed by atoms with E-state index in [9.17, 15) is 0 Å². The van der Waals surface area contributed by atoms with Crippen molar-refractivity contribution in [2.75, 3.05) is 32.1 Å². The predicted octanol–water partition coefficient (Wildman–Crippen LogP) is 2.84. The van der Waals surface area contributed by atoms with E-state index in [1.165, 1.54) is 29.2 Å². The number of likely N-dealkylation sites (N-methyl/N-ethyl adjacent to an activating group) is 1. The molecule has 0 amide bonds. The smallest absolute Gasteiger partial charge is 0.0561 e. The van der Waals surface area contributed by atoms with Crippen molar-refractivity contribution in [3.63, 3.8) is 0 Å². The maximum atomic E-state index is 3.74. The van der Waals surface area contributed by atoms with Crippen molar-refractivity contribution in [1.82, 2.24) is 10.2 Å². The van der Waals surface area contributed by atoms with Crippen LogP contribution in [0.15, 0.2) is 17.5 Å². The summed E-state index contributed by atoms with van der Waals surface area (Å²) in [6.07, 6.45) is 2.66. The summed E-state index contributed by atoms with van der Waals surface area (Å²) in [4.78, 5) is 3.78. The Balaban J connectivity index is 1.85. The van der Waals surface area contributed by atoms with Crippen molar-refractivity contribution in [1.29, 1.82) is 0 Å². The monoisotopic (exact) mass is 270 g/mol. The molecule has 1 aromatic rings. The average Bonchev–Trinajstić information content (AvgIpc) is 2.84. The van der Waals surface area contributed by atoms with E-state index in [4.69, 9.17) is 0 Å². The number of nitrogens with one attached hydrogen (secondary N) is 1. The van der Waals surface area contributed by atoms with Gasteiger partial charge in [-0.25, -0.2) is 0 Å². The Labute approximate surface area is 113 Å². The van der Waals surface area contributed by atoms with Crippen molar-refractivity contribution in [3.05, 3.63) is 22.4 Å². The van der Waals surface area contributed by atoms with Gasteiger partial charge in [-0.3, -0.25) is 0 Å². The Bertz CT molecular complexity index is 305. The van der Waals surface area contributed by atoms with E-state index in [-0.39, 0.29) is 0 Å². The highest BCUT2D eigenvalue weighted by Crippen LogP contribution is 2.23. The Hall–Kier alpha value is -0.0300. The van der Waals surface area contributed by atoms with Crippen molar-refractivity contribution in [2.45, 2.75) is 24.9 Å². The Kier molecular flexibility index (Phi) is 5.35. The van der Waals surface area contributed by atoms with Crippen LogP contribution in [0.2, 0.25) is 0 Å². The third-order valence-corrected chi connectivity index (χ3v) is 5.34. The first-order chi connectivity index (χ1) is 8.27. The zero-order valence-electron chi connectivity index (χ0n) is 10.7. The van der Waals surface area contributed by atoms with Gasteiger partial charge in [0.15, 0.2) is 0 Å². The highest BCUT2D eigenvalue weighted by Gasteiger charge is 2.18. The van der Waals surface area contributed by atoms with E-state index in [0.717, 1.165) is 12.6 Å². The van der Waals surface area contributed by atoms with Crippen LogP contribution in [0.1, 0.15) is 23.8 Å². The normalized spacial score (nSPS) is 19.7. The van der Waals surface area contributed by atoms with Crippen molar-refractivity contribution >= 4 is 23.1 Å². The number of thioether (sulfide) groups is 1. The van der Waals surface area contributed by atoms with Gasteiger partial charge in [0.2, 0.25) is 0 Å². The van der Waals surface area contributed by atoms with Gasteiger partial charge in [0.25, 0.3) is 0 Å². The fourth-order valence-electron chi connectivity index (χ4n) is 2.20. The van der Waals surface area contributed by atoms with Crippen LogP contribution in [-0.2, 0) is 0 Å². The minimum atomic E-state index is 0.518. The predicted molar refractivity (Wildman–Crippen MR) is 79.1 cm³/mol. The molecular formula is C13H22N2S2. The highest BCUT2D eigenvalue weighted by atomic mass is 32.2. The minimum Gasteiger partial charge on any atom is -0.312 e. The topological polar surface area (TPSA) is 15.3 Å². The summed E-state index contributed by atoms with van der Waals surface area (Å²) in [6.45, 7) is 1.07. The first kappa shape index (κ1) is 13.4. The summed E-state index contributed by atoms with van der Waals surface area (Å²) in [5, 5.41) is 5.91. The third kappa shape index (κ3) is 3.98. The molecule has 0 spiro atoms. The molecule has 1 atom stereocenters. The zero-order valence-corrected chi connectivity index (χ0v) is 12.3. The summed E-state index contributed by atoms with van der Waals surface area (Å²) in [6, 6.07) is 5.64. The Morgan fingerprint density at radius 1 is 1.41 bits per heavy atom. The van der Waals surface area contributed by atoms with Crippen molar-refractivity contribution in [2.24, 2.45) is 0 Å². The van der Waals surface area contributed by atoms with Crippen LogP contribution in [0, 0.1) is 0 Å². The van der Waals surface area contributed by atoms with Crippen LogP contribution in [0.25, 0.3) is 0 Å². The molecule has 1 aliphatic rings. The van der Waals surface area contributed by atoms with Crippen LogP contribution >= 0.6 is 23.1 Å². The van der Waals surface area contributed by atoms with E-state index >= 15 is 0 Å². The molecule has 1 fully saturated rings. The third-order valence-electron chi connectivity index (χ3n) is 3.32. The van der Waals surface area contributed by atoms with E-state index in [2.05, 4.69) is 53.6 Å². The molecule has 17 heavy (non-hydrogen) atoms. The number of thiophene rings is 1. The second-order valence-corrected chi connectivity index (χ2v) is 6.99. The maximum Gasteiger partial charge on any atom is 0.0561 e. The van der Waals surface area contributed by atoms with Gasteiger partial charge >= 0.3 is 0 Å². The number of rotatable bonds is 5. The molecule has 1 N–H and O–H groups in total. The lowest BCUT2D eigenvalue weighted by Crippen LogP contribution is -2.38. The molecule has 4 heteroatoms. The van der Waals surface area contributed by atoms with Crippen molar-refractivity contribution < 1.29 is 0 Å². The van der Waals surface area contributed by atoms with Crippen LogP contribution in [-0.4, -0.2) is 43.1 Å². The maximum absolute atomic E-state index is 3.74. The second-order valence-electron chi connectivity index (χ2n) is 4.79. The van der Waals surface area contributed by atoms with Gasteiger partial charge in [-0.2, -0.15) is 11.8 Å².